The second-order valence-corrected chi connectivity index (χ2v) is 6.26. The molecule has 0 bridgehead atoms. The van der Waals surface area contributed by atoms with Crippen LogP contribution in [0.25, 0.3) is 11.3 Å². The topological polar surface area (TPSA) is 116 Å². The van der Waals surface area contributed by atoms with Crippen LogP contribution in [0.5, 0.6) is 6.01 Å². The third kappa shape index (κ3) is 4.49. The van der Waals surface area contributed by atoms with Crippen molar-refractivity contribution in [1.29, 1.82) is 0 Å². The molecule has 0 unspecified atom stereocenters. The van der Waals surface area contributed by atoms with E-state index in [0.717, 1.165) is 5.56 Å². The highest BCUT2D eigenvalue weighted by Crippen LogP contribution is 2.19. The molecule has 2 aromatic heterocycles. The van der Waals surface area contributed by atoms with Gasteiger partial charge in [0.1, 0.15) is 0 Å². The minimum absolute atomic E-state index is 0.0998. The molecule has 0 atom stereocenters. The Balaban J connectivity index is 1.44. The number of carbonyl (C=O) groups excluding carboxylic acids is 1. The van der Waals surface area contributed by atoms with Crippen molar-refractivity contribution in [2.45, 2.75) is 6.54 Å². The molecule has 150 valence electrons. The number of aromatic nitrogens is 4. The predicted molar refractivity (Wildman–Crippen MR) is 103 cm³/mol. The smallest absolute Gasteiger partial charge is 0.321 e. The minimum atomic E-state index is -0.386. The van der Waals surface area contributed by atoms with Crippen LogP contribution in [0.1, 0.15) is 16.3 Å². The Bertz CT molecular complexity index is 972. The molecular weight excluding hydrogens is 376 g/mol. The van der Waals surface area contributed by atoms with Gasteiger partial charge in [-0.3, -0.25) is 4.79 Å². The Labute approximate surface area is 166 Å². The number of morpholine rings is 1. The van der Waals surface area contributed by atoms with Crippen LogP contribution in [0, 0.1) is 0 Å². The molecule has 1 saturated heterocycles. The fourth-order valence-electron chi connectivity index (χ4n) is 2.83. The van der Waals surface area contributed by atoms with Gasteiger partial charge in [0, 0.05) is 24.7 Å². The summed E-state index contributed by atoms with van der Waals surface area (Å²) in [6.45, 7) is 2.68. The molecule has 1 amide bonds. The zero-order chi connectivity index (χ0) is 20.1. The highest BCUT2D eigenvalue weighted by atomic mass is 16.5. The van der Waals surface area contributed by atoms with E-state index in [0.29, 0.717) is 43.8 Å². The molecule has 0 radical (unpaired) electrons. The second-order valence-electron chi connectivity index (χ2n) is 6.26. The lowest BCUT2D eigenvalue weighted by Gasteiger charge is -2.26. The van der Waals surface area contributed by atoms with E-state index in [4.69, 9.17) is 14.0 Å². The molecule has 1 N–H and O–H groups in total. The van der Waals surface area contributed by atoms with Crippen molar-refractivity contribution in [3.8, 4) is 17.3 Å². The fraction of sp³-hybridized carbons (Fsp3) is 0.316. The van der Waals surface area contributed by atoms with Crippen LogP contribution in [0.3, 0.4) is 0 Å². The molecular formula is C19H20N6O4. The maximum Gasteiger partial charge on any atom is 0.321 e. The average Bonchev–Trinajstić information content (AvgIpc) is 3.29. The first-order valence-corrected chi connectivity index (χ1v) is 9.15. The molecule has 1 aliphatic heterocycles. The van der Waals surface area contributed by atoms with Crippen molar-refractivity contribution in [1.82, 2.24) is 25.4 Å². The highest BCUT2D eigenvalue weighted by Gasteiger charge is 2.18. The molecule has 0 saturated carbocycles. The number of carbonyl (C=O) groups is 1. The zero-order valence-corrected chi connectivity index (χ0v) is 15.9. The third-order valence-corrected chi connectivity index (χ3v) is 4.33. The van der Waals surface area contributed by atoms with E-state index in [-0.39, 0.29) is 24.2 Å². The van der Waals surface area contributed by atoms with Gasteiger partial charge in [-0.1, -0.05) is 35.5 Å². The van der Waals surface area contributed by atoms with Crippen LogP contribution in [-0.2, 0) is 11.3 Å². The number of hydrogen-bond donors (Lipinski definition) is 1. The van der Waals surface area contributed by atoms with E-state index in [1.165, 1.54) is 7.11 Å². The Hall–Kier alpha value is -3.53. The van der Waals surface area contributed by atoms with Gasteiger partial charge in [-0.2, -0.15) is 15.0 Å². The van der Waals surface area contributed by atoms with Gasteiger partial charge in [-0.05, 0) is 0 Å². The number of amides is 1. The fourth-order valence-corrected chi connectivity index (χ4v) is 2.83. The Morgan fingerprint density at radius 1 is 1.17 bits per heavy atom. The third-order valence-electron chi connectivity index (χ3n) is 4.33. The lowest BCUT2D eigenvalue weighted by Crippen LogP contribution is -2.37. The summed E-state index contributed by atoms with van der Waals surface area (Å²) < 4.78 is 15.8. The summed E-state index contributed by atoms with van der Waals surface area (Å²) in [4.78, 5) is 27.4. The summed E-state index contributed by atoms with van der Waals surface area (Å²) in [5, 5.41) is 6.59. The Morgan fingerprint density at radius 3 is 2.72 bits per heavy atom. The normalized spacial score (nSPS) is 13.9. The van der Waals surface area contributed by atoms with Gasteiger partial charge in [0.05, 0.1) is 26.9 Å². The molecule has 10 heteroatoms. The van der Waals surface area contributed by atoms with E-state index in [2.05, 4.69) is 25.4 Å². The van der Waals surface area contributed by atoms with Gasteiger partial charge in [0.15, 0.2) is 17.3 Å². The summed E-state index contributed by atoms with van der Waals surface area (Å²) in [6, 6.07) is 11.2. The standard InChI is InChI=1S/C19H20N6O4/c1-27-19-22-16(21-18(23-19)25-7-9-28-10-8-25)12-20-17(26)14-11-15(29-24-14)13-5-3-2-4-6-13/h2-6,11H,7-10,12H2,1H3,(H,20,26). The van der Waals surface area contributed by atoms with E-state index in [1.807, 2.05) is 35.2 Å². The van der Waals surface area contributed by atoms with Crippen LogP contribution in [0.4, 0.5) is 5.95 Å². The van der Waals surface area contributed by atoms with Crippen LogP contribution in [0.15, 0.2) is 40.9 Å². The summed E-state index contributed by atoms with van der Waals surface area (Å²) in [5.41, 5.74) is 1.02. The van der Waals surface area contributed by atoms with Crippen molar-refractivity contribution in [3.05, 3.63) is 47.9 Å². The van der Waals surface area contributed by atoms with Gasteiger partial charge >= 0.3 is 6.01 Å². The summed E-state index contributed by atoms with van der Waals surface area (Å²) in [7, 11) is 1.49. The first-order valence-electron chi connectivity index (χ1n) is 9.15. The number of methoxy groups -OCH3 is 1. The van der Waals surface area contributed by atoms with Crippen molar-refractivity contribution in [3.63, 3.8) is 0 Å². The van der Waals surface area contributed by atoms with Crippen LogP contribution >= 0.6 is 0 Å². The average molecular weight is 396 g/mol. The van der Waals surface area contributed by atoms with Gasteiger partial charge in [-0.15, -0.1) is 0 Å². The van der Waals surface area contributed by atoms with E-state index < -0.39 is 0 Å². The van der Waals surface area contributed by atoms with Gasteiger partial charge in [0.25, 0.3) is 5.91 Å². The van der Waals surface area contributed by atoms with Crippen LogP contribution in [-0.4, -0.2) is 59.4 Å². The predicted octanol–water partition coefficient (Wildman–Crippen LogP) is 1.30. The first-order chi connectivity index (χ1) is 14.2. The monoisotopic (exact) mass is 396 g/mol. The number of ether oxygens (including phenoxy) is 2. The lowest BCUT2D eigenvalue weighted by atomic mass is 10.1. The molecule has 3 aromatic rings. The SMILES string of the molecule is COc1nc(CNC(=O)c2cc(-c3ccccc3)on2)nc(N2CCOCC2)n1. The molecule has 0 spiro atoms. The van der Waals surface area contributed by atoms with Crippen molar-refractivity contribution >= 4 is 11.9 Å². The quantitative estimate of drug-likeness (QED) is 0.658. The van der Waals surface area contributed by atoms with Crippen molar-refractivity contribution in [2.24, 2.45) is 0 Å². The molecule has 1 fully saturated rings. The number of nitrogens with zero attached hydrogens (tertiary/aromatic N) is 5. The summed E-state index contributed by atoms with van der Waals surface area (Å²) in [5.74, 6) is 1.02. The number of hydrogen-bond acceptors (Lipinski definition) is 9. The highest BCUT2D eigenvalue weighted by molar-refractivity contribution is 5.92. The summed E-state index contributed by atoms with van der Waals surface area (Å²) in [6.07, 6.45) is 0. The lowest BCUT2D eigenvalue weighted by molar-refractivity contribution is 0.0940. The minimum Gasteiger partial charge on any atom is -0.467 e. The number of nitrogens with one attached hydrogen (secondary N) is 1. The Kier molecular flexibility index (Phi) is 5.61. The van der Waals surface area contributed by atoms with E-state index in [1.54, 1.807) is 6.07 Å². The van der Waals surface area contributed by atoms with E-state index in [9.17, 15) is 4.79 Å². The maximum atomic E-state index is 12.4. The van der Waals surface area contributed by atoms with E-state index >= 15 is 0 Å². The molecule has 0 aliphatic carbocycles. The van der Waals surface area contributed by atoms with Crippen molar-refractivity contribution < 1.29 is 18.8 Å². The number of anilines is 1. The van der Waals surface area contributed by atoms with Crippen molar-refractivity contribution in [2.75, 3.05) is 38.3 Å². The molecule has 3 heterocycles. The zero-order valence-electron chi connectivity index (χ0n) is 15.9. The Morgan fingerprint density at radius 2 is 1.97 bits per heavy atom. The molecule has 4 rings (SSSR count). The molecule has 1 aromatic carbocycles. The molecule has 29 heavy (non-hydrogen) atoms. The summed E-state index contributed by atoms with van der Waals surface area (Å²) >= 11 is 0. The van der Waals surface area contributed by atoms with Gasteiger partial charge < -0.3 is 24.2 Å². The maximum absolute atomic E-state index is 12.4. The second kappa shape index (κ2) is 8.65. The van der Waals surface area contributed by atoms with Gasteiger partial charge in [-0.25, -0.2) is 0 Å². The van der Waals surface area contributed by atoms with Gasteiger partial charge in [0.2, 0.25) is 5.95 Å². The molecule has 1 aliphatic rings. The first kappa shape index (κ1) is 18.8. The molecule has 10 nitrogen and oxygen atoms in total. The van der Waals surface area contributed by atoms with Crippen LogP contribution in [0.2, 0.25) is 0 Å². The van der Waals surface area contributed by atoms with Crippen LogP contribution < -0.4 is 15.0 Å². The largest absolute Gasteiger partial charge is 0.467 e. The number of rotatable bonds is 6. The number of benzene rings is 1.